The Labute approximate surface area is 173 Å². The molecule has 0 radical (unpaired) electrons. The lowest BCUT2D eigenvalue weighted by Gasteiger charge is -2.08. The Kier molecular flexibility index (Phi) is 6.54. The molecule has 0 aliphatic carbocycles. The lowest BCUT2D eigenvalue weighted by molar-refractivity contribution is -0.384. The molecule has 3 rings (SSSR count). The monoisotopic (exact) mass is 399 g/mol. The van der Waals surface area contributed by atoms with Gasteiger partial charge in [0, 0.05) is 17.8 Å². The van der Waals surface area contributed by atoms with Crippen molar-refractivity contribution in [3.8, 4) is 11.8 Å². The minimum Gasteiger partial charge on any atom is -0.489 e. The molecular weight excluding hydrogens is 382 g/mol. The molecular formula is C23H17N3O4. The summed E-state index contributed by atoms with van der Waals surface area (Å²) in [4.78, 5) is 22.7. The van der Waals surface area contributed by atoms with Crippen LogP contribution in [-0.4, -0.2) is 10.8 Å². The summed E-state index contributed by atoms with van der Waals surface area (Å²) in [5.74, 6) is 0.0338. The van der Waals surface area contributed by atoms with Crippen LogP contribution >= 0.6 is 0 Å². The number of amides is 1. The van der Waals surface area contributed by atoms with Crippen LogP contribution in [-0.2, 0) is 11.4 Å². The third-order valence-electron chi connectivity index (χ3n) is 4.12. The van der Waals surface area contributed by atoms with E-state index in [0.717, 1.165) is 5.56 Å². The second-order valence-corrected chi connectivity index (χ2v) is 6.27. The number of ether oxygens (including phenoxy) is 1. The van der Waals surface area contributed by atoms with Crippen molar-refractivity contribution in [2.75, 3.05) is 5.32 Å². The van der Waals surface area contributed by atoms with Crippen molar-refractivity contribution in [1.29, 1.82) is 5.26 Å². The zero-order valence-electron chi connectivity index (χ0n) is 15.8. The zero-order valence-corrected chi connectivity index (χ0v) is 15.8. The van der Waals surface area contributed by atoms with Crippen LogP contribution in [0.25, 0.3) is 6.08 Å². The van der Waals surface area contributed by atoms with Gasteiger partial charge < -0.3 is 10.1 Å². The van der Waals surface area contributed by atoms with Crippen molar-refractivity contribution < 1.29 is 14.5 Å². The van der Waals surface area contributed by atoms with E-state index < -0.39 is 10.8 Å². The van der Waals surface area contributed by atoms with Gasteiger partial charge in [0.25, 0.3) is 11.6 Å². The third kappa shape index (κ3) is 5.53. The summed E-state index contributed by atoms with van der Waals surface area (Å²) < 4.78 is 5.70. The topological polar surface area (TPSA) is 105 Å². The minimum absolute atomic E-state index is 0.118. The molecule has 0 fully saturated rings. The van der Waals surface area contributed by atoms with Crippen molar-refractivity contribution >= 4 is 23.4 Å². The number of hydrogen-bond donors (Lipinski definition) is 1. The van der Waals surface area contributed by atoms with E-state index in [1.807, 2.05) is 36.4 Å². The number of non-ortho nitro benzene ring substituents is 1. The second-order valence-electron chi connectivity index (χ2n) is 6.27. The molecule has 30 heavy (non-hydrogen) atoms. The van der Waals surface area contributed by atoms with Gasteiger partial charge in [-0.05, 0) is 41.5 Å². The third-order valence-corrected chi connectivity index (χ3v) is 4.12. The number of anilines is 1. The fourth-order valence-electron chi connectivity index (χ4n) is 2.62. The minimum atomic E-state index is -0.609. The zero-order chi connectivity index (χ0) is 21.3. The maximum atomic E-state index is 12.4. The van der Waals surface area contributed by atoms with Gasteiger partial charge in [-0.3, -0.25) is 14.9 Å². The highest BCUT2D eigenvalue weighted by molar-refractivity contribution is 6.09. The summed E-state index contributed by atoms with van der Waals surface area (Å²) >= 11 is 0. The first-order chi connectivity index (χ1) is 14.5. The highest BCUT2D eigenvalue weighted by Crippen LogP contribution is 2.19. The maximum Gasteiger partial charge on any atom is 0.270 e. The Morgan fingerprint density at radius 1 is 1.07 bits per heavy atom. The molecule has 1 N–H and O–H groups in total. The predicted molar refractivity (Wildman–Crippen MR) is 113 cm³/mol. The van der Waals surface area contributed by atoms with Crippen LogP contribution in [0, 0.1) is 21.4 Å². The van der Waals surface area contributed by atoms with Crippen molar-refractivity contribution in [1.82, 2.24) is 0 Å². The fourth-order valence-corrected chi connectivity index (χ4v) is 2.62. The summed E-state index contributed by atoms with van der Waals surface area (Å²) in [5, 5.41) is 22.8. The van der Waals surface area contributed by atoms with Crippen molar-refractivity contribution in [3.05, 3.63) is 106 Å². The van der Waals surface area contributed by atoms with E-state index >= 15 is 0 Å². The van der Waals surface area contributed by atoms with Crippen LogP contribution in [0.3, 0.4) is 0 Å². The molecule has 3 aromatic rings. The van der Waals surface area contributed by atoms with Gasteiger partial charge in [-0.1, -0.05) is 42.5 Å². The number of carbonyl (C=O) groups is 1. The van der Waals surface area contributed by atoms with E-state index in [9.17, 15) is 20.2 Å². The molecule has 0 aliphatic rings. The van der Waals surface area contributed by atoms with Crippen molar-refractivity contribution in [2.24, 2.45) is 0 Å². The maximum absolute atomic E-state index is 12.4. The Hall–Kier alpha value is -4.44. The molecule has 1 amide bonds. The van der Waals surface area contributed by atoms with E-state index in [1.54, 1.807) is 30.3 Å². The van der Waals surface area contributed by atoms with E-state index in [0.29, 0.717) is 23.6 Å². The summed E-state index contributed by atoms with van der Waals surface area (Å²) in [5.41, 5.74) is 1.64. The molecule has 7 nitrogen and oxygen atoms in total. The molecule has 0 bridgehead atoms. The highest BCUT2D eigenvalue weighted by atomic mass is 16.6. The number of nitro groups is 1. The van der Waals surface area contributed by atoms with Gasteiger partial charge >= 0.3 is 0 Å². The van der Waals surface area contributed by atoms with Crippen LogP contribution in [0.5, 0.6) is 5.75 Å². The Balaban J connectivity index is 1.64. The first-order valence-corrected chi connectivity index (χ1v) is 8.99. The molecule has 7 heteroatoms. The van der Waals surface area contributed by atoms with Gasteiger partial charge in [0.1, 0.15) is 24.0 Å². The Morgan fingerprint density at radius 3 is 2.47 bits per heavy atom. The summed E-state index contributed by atoms with van der Waals surface area (Å²) in [6.45, 7) is 0.428. The number of nitrogens with one attached hydrogen (secondary N) is 1. The molecule has 3 aromatic carbocycles. The fraction of sp³-hybridized carbons (Fsp3) is 0.0435. The number of carbonyl (C=O) groups excluding carboxylic acids is 1. The second kappa shape index (κ2) is 9.66. The molecule has 148 valence electrons. The van der Waals surface area contributed by atoms with E-state index in [-0.39, 0.29) is 11.3 Å². The molecule has 0 atom stereocenters. The predicted octanol–water partition coefficient (Wildman–Crippen LogP) is 4.72. The number of nitriles is 1. The summed E-state index contributed by atoms with van der Waals surface area (Å²) in [6, 6.07) is 24.0. The van der Waals surface area contributed by atoms with Gasteiger partial charge in [0.2, 0.25) is 0 Å². The van der Waals surface area contributed by atoms with E-state index in [4.69, 9.17) is 4.74 Å². The summed E-state index contributed by atoms with van der Waals surface area (Å²) in [6.07, 6.45) is 1.31. The quantitative estimate of drug-likeness (QED) is 0.268. The Morgan fingerprint density at radius 2 is 1.80 bits per heavy atom. The molecule has 0 spiro atoms. The first-order valence-electron chi connectivity index (χ1n) is 8.99. The molecule has 0 saturated carbocycles. The lowest BCUT2D eigenvalue weighted by atomic mass is 10.1. The van der Waals surface area contributed by atoms with Gasteiger partial charge in [-0.2, -0.15) is 5.26 Å². The average molecular weight is 399 g/mol. The number of nitro benzene ring substituents is 1. The van der Waals surface area contributed by atoms with Gasteiger partial charge in [-0.15, -0.1) is 0 Å². The molecule has 0 aromatic heterocycles. The molecule has 0 saturated heterocycles. The lowest BCUT2D eigenvalue weighted by Crippen LogP contribution is -2.13. The molecule has 0 aliphatic heterocycles. The van der Waals surface area contributed by atoms with Gasteiger partial charge in [0.15, 0.2) is 0 Å². The van der Waals surface area contributed by atoms with Crippen molar-refractivity contribution in [3.63, 3.8) is 0 Å². The van der Waals surface area contributed by atoms with Gasteiger partial charge in [-0.25, -0.2) is 0 Å². The number of benzene rings is 3. The van der Waals surface area contributed by atoms with Crippen LogP contribution in [0.4, 0.5) is 11.4 Å². The number of nitrogens with zero attached hydrogens (tertiary/aromatic N) is 2. The normalized spacial score (nSPS) is 10.7. The first kappa shape index (κ1) is 20.3. The van der Waals surface area contributed by atoms with Crippen LogP contribution in [0.2, 0.25) is 0 Å². The highest BCUT2D eigenvalue weighted by Gasteiger charge is 2.11. The van der Waals surface area contributed by atoms with Crippen LogP contribution in [0.1, 0.15) is 11.1 Å². The largest absolute Gasteiger partial charge is 0.489 e. The standard InChI is InChI=1S/C23H17N3O4/c24-15-19(13-18-7-4-8-21(14-18)26(28)29)23(27)25-20-9-11-22(12-10-20)30-16-17-5-2-1-3-6-17/h1-14H,16H2,(H,25,27)/b19-13+. The number of hydrogen-bond acceptors (Lipinski definition) is 5. The van der Waals surface area contributed by atoms with E-state index in [2.05, 4.69) is 5.32 Å². The number of rotatable bonds is 7. The SMILES string of the molecule is N#C/C(=C\c1cccc([N+](=O)[O-])c1)C(=O)Nc1ccc(OCc2ccccc2)cc1. The average Bonchev–Trinajstić information content (AvgIpc) is 2.77. The van der Waals surface area contributed by atoms with E-state index in [1.165, 1.54) is 24.3 Å². The molecule has 0 heterocycles. The Bertz CT molecular complexity index is 1120. The van der Waals surface area contributed by atoms with Gasteiger partial charge in [0.05, 0.1) is 4.92 Å². The smallest absolute Gasteiger partial charge is 0.270 e. The summed E-state index contributed by atoms with van der Waals surface area (Å²) in [7, 11) is 0. The van der Waals surface area contributed by atoms with Crippen molar-refractivity contribution in [2.45, 2.75) is 6.61 Å². The van der Waals surface area contributed by atoms with Crippen LogP contribution < -0.4 is 10.1 Å². The van der Waals surface area contributed by atoms with Crippen LogP contribution in [0.15, 0.2) is 84.4 Å². The molecule has 0 unspecified atom stereocenters.